The van der Waals surface area contributed by atoms with Crippen LogP contribution in [0.5, 0.6) is 0 Å². The third kappa shape index (κ3) is 6.15. The molecule has 19 heavy (non-hydrogen) atoms. The van der Waals surface area contributed by atoms with Crippen molar-refractivity contribution in [1.82, 2.24) is 9.97 Å². The molecule has 0 fully saturated rings. The lowest BCUT2D eigenvalue weighted by Crippen LogP contribution is -2.12. The van der Waals surface area contributed by atoms with E-state index in [0.29, 0.717) is 18.3 Å². The Morgan fingerprint density at radius 2 is 2.26 bits per heavy atom. The Morgan fingerprint density at radius 1 is 1.47 bits per heavy atom. The van der Waals surface area contributed by atoms with Crippen molar-refractivity contribution < 1.29 is 14.3 Å². The number of anilines is 1. The molecule has 6 nitrogen and oxygen atoms in total. The zero-order chi connectivity index (χ0) is 14.1. The molecular formula is C13H21N3O3. The number of esters is 1. The highest BCUT2D eigenvalue weighted by atomic mass is 16.5. The van der Waals surface area contributed by atoms with Crippen molar-refractivity contribution in [2.24, 2.45) is 5.92 Å². The molecule has 0 amide bonds. The molecule has 106 valence electrons. The highest BCUT2D eigenvalue weighted by molar-refractivity contribution is 5.85. The highest BCUT2D eigenvalue weighted by Crippen LogP contribution is 2.03. The maximum atomic E-state index is 11.2. The number of ether oxygens (including phenoxy) is 2. The normalized spacial score (nSPS) is 10.5. The predicted octanol–water partition coefficient (Wildman–Crippen LogP) is 1.74. The molecule has 1 rings (SSSR count). The number of hydrogen-bond acceptors (Lipinski definition) is 6. The van der Waals surface area contributed by atoms with Gasteiger partial charge in [-0.1, -0.05) is 13.8 Å². The van der Waals surface area contributed by atoms with E-state index in [2.05, 4.69) is 33.9 Å². The number of carbonyl (C=O) groups excluding carboxylic acids is 1. The predicted molar refractivity (Wildman–Crippen MR) is 72.1 cm³/mol. The summed E-state index contributed by atoms with van der Waals surface area (Å²) in [5.41, 5.74) is 0. The minimum absolute atomic E-state index is 0.0588. The van der Waals surface area contributed by atoms with Crippen molar-refractivity contribution in [1.29, 1.82) is 0 Å². The van der Waals surface area contributed by atoms with Gasteiger partial charge in [0.05, 0.1) is 7.11 Å². The van der Waals surface area contributed by atoms with E-state index in [0.717, 1.165) is 19.6 Å². The average Bonchev–Trinajstić information content (AvgIpc) is 2.41. The van der Waals surface area contributed by atoms with Crippen LogP contribution in [0.25, 0.3) is 0 Å². The van der Waals surface area contributed by atoms with E-state index in [1.165, 1.54) is 13.3 Å². The second-order valence-corrected chi connectivity index (χ2v) is 4.51. The van der Waals surface area contributed by atoms with Crippen LogP contribution in [-0.4, -0.2) is 42.8 Å². The summed E-state index contributed by atoms with van der Waals surface area (Å²) in [7, 11) is 1.30. The molecule has 0 aliphatic carbocycles. The van der Waals surface area contributed by atoms with Gasteiger partial charge in [-0.3, -0.25) is 0 Å². The molecule has 0 aliphatic rings. The largest absolute Gasteiger partial charge is 0.463 e. The molecule has 0 aromatic carbocycles. The second kappa shape index (κ2) is 8.42. The van der Waals surface area contributed by atoms with Crippen LogP contribution < -0.4 is 5.32 Å². The molecule has 0 atom stereocenters. The number of hydrogen-bond donors (Lipinski definition) is 1. The average molecular weight is 267 g/mol. The van der Waals surface area contributed by atoms with Gasteiger partial charge < -0.3 is 14.8 Å². The molecule has 0 aliphatic heterocycles. The van der Waals surface area contributed by atoms with Crippen LogP contribution in [0.3, 0.4) is 0 Å². The fourth-order valence-corrected chi connectivity index (χ4v) is 1.36. The van der Waals surface area contributed by atoms with Crippen LogP contribution in [-0.2, 0) is 9.47 Å². The Labute approximate surface area is 113 Å². The van der Waals surface area contributed by atoms with E-state index in [1.807, 2.05) is 0 Å². The van der Waals surface area contributed by atoms with Gasteiger partial charge in [0.25, 0.3) is 0 Å². The summed E-state index contributed by atoms with van der Waals surface area (Å²) in [6, 6.07) is 1.71. The Bertz CT molecular complexity index is 396. The Balaban J connectivity index is 2.27. The number of methoxy groups -OCH3 is 1. The number of nitrogens with zero attached hydrogens (tertiary/aromatic N) is 2. The van der Waals surface area contributed by atoms with Crippen molar-refractivity contribution in [2.45, 2.75) is 20.3 Å². The van der Waals surface area contributed by atoms with Gasteiger partial charge in [0.1, 0.15) is 5.82 Å². The molecule has 0 bridgehead atoms. The molecular weight excluding hydrogens is 246 g/mol. The van der Waals surface area contributed by atoms with E-state index in [-0.39, 0.29) is 5.82 Å². The maximum absolute atomic E-state index is 11.2. The quantitative estimate of drug-likeness (QED) is 0.571. The fourth-order valence-electron chi connectivity index (χ4n) is 1.36. The van der Waals surface area contributed by atoms with Crippen molar-refractivity contribution in [3.63, 3.8) is 0 Å². The third-order valence-electron chi connectivity index (χ3n) is 2.25. The van der Waals surface area contributed by atoms with Crippen molar-refractivity contribution in [3.05, 3.63) is 18.1 Å². The van der Waals surface area contributed by atoms with E-state index in [4.69, 9.17) is 4.74 Å². The summed E-state index contributed by atoms with van der Waals surface area (Å²) in [6.07, 6.45) is 2.40. The Hall–Kier alpha value is -1.69. The van der Waals surface area contributed by atoms with Gasteiger partial charge in [-0.2, -0.15) is 0 Å². The lowest BCUT2D eigenvalue weighted by atomic mass is 10.2. The number of carbonyl (C=O) groups is 1. The zero-order valence-electron chi connectivity index (χ0n) is 11.7. The van der Waals surface area contributed by atoms with Crippen molar-refractivity contribution in [2.75, 3.05) is 32.2 Å². The summed E-state index contributed by atoms with van der Waals surface area (Å²) in [6.45, 7) is 6.46. The van der Waals surface area contributed by atoms with Crippen LogP contribution in [0.4, 0.5) is 5.82 Å². The first-order valence-electron chi connectivity index (χ1n) is 6.36. The molecule has 0 spiro atoms. The Kier molecular flexibility index (Phi) is 6.81. The van der Waals surface area contributed by atoms with Crippen molar-refractivity contribution in [3.8, 4) is 0 Å². The first kappa shape index (κ1) is 15.4. The monoisotopic (exact) mass is 267 g/mol. The minimum Gasteiger partial charge on any atom is -0.463 e. The van der Waals surface area contributed by atoms with Gasteiger partial charge in [0.15, 0.2) is 0 Å². The van der Waals surface area contributed by atoms with Crippen LogP contribution >= 0.6 is 0 Å². The molecule has 0 saturated carbocycles. The van der Waals surface area contributed by atoms with Gasteiger partial charge in [-0.15, -0.1) is 0 Å². The molecule has 6 heteroatoms. The molecule has 1 aromatic heterocycles. The molecule has 0 unspecified atom stereocenters. The summed E-state index contributed by atoms with van der Waals surface area (Å²) in [4.78, 5) is 19.1. The molecule has 1 heterocycles. The fraction of sp³-hybridized carbons (Fsp3) is 0.615. The van der Waals surface area contributed by atoms with E-state index in [9.17, 15) is 4.79 Å². The van der Waals surface area contributed by atoms with Crippen molar-refractivity contribution >= 4 is 11.8 Å². The Morgan fingerprint density at radius 3 is 2.95 bits per heavy atom. The van der Waals surface area contributed by atoms with E-state index in [1.54, 1.807) is 6.07 Å². The summed E-state index contributed by atoms with van der Waals surface area (Å²) in [5.74, 6) is 0.684. The van der Waals surface area contributed by atoms with Gasteiger partial charge in [0, 0.05) is 26.0 Å². The molecule has 1 aromatic rings. The smallest absolute Gasteiger partial charge is 0.376 e. The maximum Gasteiger partial charge on any atom is 0.376 e. The van der Waals surface area contributed by atoms with Crippen LogP contribution in [0.2, 0.25) is 0 Å². The van der Waals surface area contributed by atoms with E-state index < -0.39 is 5.97 Å². The standard InChI is InChI=1S/C13H21N3O3/c1-10(2)9-19-8-4-6-14-11-5-7-15-12(16-11)13(17)18-3/h5,7,10H,4,6,8-9H2,1-3H3,(H,14,15,16). The van der Waals surface area contributed by atoms with Gasteiger partial charge in [-0.05, 0) is 18.4 Å². The minimum atomic E-state index is -0.538. The topological polar surface area (TPSA) is 73.3 Å². The first-order valence-corrected chi connectivity index (χ1v) is 6.36. The number of rotatable bonds is 8. The molecule has 1 N–H and O–H groups in total. The number of nitrogens with one attached hydrogen (secondary N) is 1. The van der Waals surface area contributed by atoms with Gasteiger partial charge in [-0.25, -0.2) is 14.8 Å². The van der Waals surface area contributed by atoms with Gasteiger partial charge >= 0.3 is 5.97 Å². The summed E-state index contributed by atoms with van der Waals surface area (Å²) < 4.78 is 10.0. The highest BCUT2D eigenvalue weighted by Gasteiger charge is 2.08. The van der Waals surface area contributed by atoms with Gasteiger partial charge in [0.2, 0.25) is 5.82 Å². The first-order chi connectivity index (χ1) is 9.13. The molecule has 0 radical (unpaired) electrons. The number of aromatic nitrogens is 2. The lowest BCUT2D eigenvalue weighted by Gasteiger charge is -2.08. The lowest BCUT2D eigenvalue weighted by molar-refractivity contribution is 0.0587. The SMILES string of the molecule is COC(=O)c1nccc(NCCCOCC(C)C)n1. The van der Waals surface area contributed by atoms with Crippen LogP contribution in [0.15, 0.2) is 12.3 Å². The van der Waals surface area contributed by atoms with Crippen LogP contribution in [0.1, 0.15) is 30.9 Å². The van der Waals surface area contributed by atoms with E-state index >= 15 is 0 Å². The third-order valence-corrected chi connectivity index (χ3v) is 2.25. The summed E-state index contributed by atoms with van der Waals surface area (Å²) in [5, 5.41) is 3.11. The summed E-state index contributed by atoms with van der Waals surface area (Å²) >= 11 is 0. The second-order valence-electron chi connectivity index (χ2n) is 4.51. The zero-order valence-corrected chi connectivity index (χ0v) is 11.7. The molecule has 0 saturated heterocycles. The van der Waals surface area contributed by atoms with Crippen LogP contribution in [0, 0.1) is 5.92 Å².